The molecule has 3 atom stereocenters. The molecule has 0 aromatic heterocycles. The molecule has 6 nitrogen and oxygen atoms in total. The molecule has 21 heavy (non-hydrogen) atoms. The fourth-order valence-electron chi connectivity index (χ4n) is 3.15. The highest BCUT2D eigenvalue weighted by Crippen LogP contribution is 2.43. The third-order valence-electron chi connectivity index (χ3n) is 3.97. The Bertz CT molecular complexity index is 501. The number of rotatable bonds is 1. The largest absolute Gasteiger partial charge is 0.467 e. The van der Waals surface area contributed by atoms with Crippen molar-refractivity contribution in [2.45, 2.75) is 57.7 Å². The maximum Gasteiger partial charge on any atom is 0.411 e. The normalized spacial score (nSPS) is 28.1. The van der Waals surface area contributed by atoms with Crippen molar-refractivity contribution in [3.8, 4) is 0 Å². The predicted molar refractivity (Wildman–Crippen MR) is 74.2 cm³/mol. The summed E-state index contributed by atoms with van der Waals surface area (Å²) in [6.07, 6.45) is 1.37. The second-order valence-electron chi connectivity index (χ2n) is 6.52. The minimum Gasteiger partial charge on any atom is -0.467 e. The molecule has 1 amide bonds. The van der Waals surface area contributed by atoms with E-state index < -0.39 is 23.7 Å². The topological polar surface area (TPSA) is 72.9 Å². The van der Waals surface area contributed by atoms with E-state index >= 15 is 0 Å². The Balaban J connectivity index is 2.32. The number of hydrogen-bond acceptors (Lipinski definition) is 5. The van der Waals surface area contributed by atoms with Crippen LogP contribution >= 0.6 is 0 Å². The van der Waals surface area contributed by atoms with Crippen LogP contribution in [-0.2, 0) is 19.1 Å². The fraction of sp³-hybridized carbons (Fsp3) is 0.733. The summed E-state index contributed by atoms with van der Waals surface area (Å²) in [6, 6.07) is -0.987. The van der Waals surface area contributed by atoms with Crippen LogP contribution in [0.5, 0.6) is 0 Å². The number of carbonyl (C=O) groups excluding carboxylic acids is 3. The zero-order valence-electron chi connectivity index (χ0n) is 12.8. The third kappa shape index (κ3) is 2.95. The maximum atomic E-state index is 12.4. The number of amides is 1. The number of esters is 1. The number of methoxy groups -OCH3 is 1. The molecule has 3 rings (SSSR count). The van der Waals surface area contributed by atoms with Gasteiger partial charge in [-0.2, -0.15) is 0 Å². The molecule has 116 valence electrons. The summed E-state index contributed by atoms with van der Waals surface area (Å²) in [4.78, 5) is 37.0. The Kier molecular flexibility index (Phi) is 4.10. The molecule has 0 radical (unpaired) electrons. The van der Waals surface area contributed by atoms with Crippen molar-refractivity contribution in [3.63, 3.8) is 0 Å². The van der Waals surface area contributed by atoms with Crippen molar-refractivity contribution < 1.29 is 23.9 Å². The molecule has 1 saturated carbocycles. The van der Waals surface area contributed by atoms with E-state index in [0.29, 0.717) is 18.4 Å². The lowest BCUT2D eigenvalue weighted by molar-refractivity contribution is -0.153. The lowest BCUT2D eigenvalue weighted by atomic mass is 9.72. The summed E-state index contributed by atoms with van der Waals surface area (Å²) in [5, 5.41) is 0. The summed E-state index contributed by atoms with van der Waals surface area (Å²) in [7, 11) is 1.28. The zero-order valence-corrected chi connectivity index (χ0v) is 12.8. The van der Waals surface area contributed by atoms with E-state index in [1.807, 2.05) is 5.94 Å². The molecule has 0 unspecified atom stereocenters. The number of hydrogen-bond donors (Lipinski definition) is 0. The Morgan fingerprint density at radius 2 is 1.95 bits per heavy atom. The van der Waals surface area contributed by atoms with Crippen LogP contribution < -0.4 is 0 Å². The van der Waals surface area contributed by atoms with Crippen molar-refractivity contribution in [3.05, 3.63) is 5.57 Å². The van der Waals surface area contributed by atoms with Crippen LogP contribution in [0, 0.1) is 5.92 Å². The SMILES string of the molecule is COC(=O)[C@@H]1[C@H]2CC[C@H](CC2=C=O)N1C(=O)OC(C)(C)C. The molecule has 0 spiro atoms. The molecule has 6 heteroatoms. The van der Waals surface area contributed by atoms with Gasteiger partial charge in [0.1, 0.15) is 17.6 Å². The van der Waals surface area contributed by atoms with Crippen LogP contribution in [0.2, 0.25) is 0 Å². The highest BCUT2D eigenvalue weighted by atomic mass is 16.6. The molecular formula is C15H21NO5. The molecule has 1 aliphatic carbocycles. The van der Waals surface area contributed by atoms with Crippen molar-refractivity contribution in [1.82, 2.24) is 4.90 Å². The van der Waals surface area contributed by atoms with Gasteiger partial charge < -0.3 is 9.47 Å². The van der Waals surface area contributed by atoms with Crippen LogP contribution in [0.1, 0.15) is 40.0 Å². The summed E-state index contributed by atoms with van der Waals surface area (Å²) in [5.41, 5.74) is -0.0703. The first-order chi connectivity index (χ1) is 9.78. The number of fused-ring (bicyclic) bond motifs is 3. The van der Waals surface area contributed by atoms with E-state index in [4.69, 9.17) is 9.47 Å². The second kappa shape index (κ2) is 5.53. The fourth-order valence-corrected chi connectivity index (χ4v) is 3.15. The molecule has 2 heterocycles. The van der Waals surface area contributed by atoms with Crippen molar-refractivity contribution in [1.29, 1.82) is 0 Å². The molecule has 2 saturated heterocycles. The molecular weight excluding hydrogens is 274 g/mol. The summed E-state index contributed by atoms with van der Waals surface area (Å²) in [6.45, 7) is 5.32. The van der Waals surface area contributed by atoms with Crippen LogP contribution in [0.15, 0.2) is 5.57 Å². The Labute approximate surface area is 124 Å². The molecule has 3 fully saturated rings. The van der Waals surface area contributed by atoms with Crippen molar-refractivity contribution in [2.24, 2.45) is 5.92 Å². The summed E-state index contributed by atoms with van der Waals surface area (Å²) < 4.78 is 10.2. The van der Waals surface area contributed by atoms with Gasteiger partial charge in [-0.1, -0.05) is 0 Å². The van der Waals surface area contributed by atoms with E-state index in [2.05, 4.69) is 0 Å². The summed E-state index contributed by atoms with van der Waals surface area (Å²) in [5.74, 6) is 1.11. The van der Waals surface area contributed by atoms with Crippen molar-refractivity contribution in [2.75, 3.05) is 7.11 Å². The zero-order chi connectivity index (χ0) is 15.8. The minimum atomic E-state index is -0.784. The van der Waals surface area contributed by atoms with Crippen LogP contribution in [0.25, 0.3) is 0 Å². The Morgan fingerprint density at radius 1 is 1.29 bits per heavy atom. The van der Waals surface area contributed by atoms with Gasteiger partial charge in [-0.25, -0.2) is 14.4 Å². The van der Waals surface area contributed by atoms with Gasteiger partial charge in [0.05, 0.1) is 7.11 Å². The Morgan fingerprint density at radius 3 is 2.48 bits per heavy atom. The molecule has 2 bridgehead atoms. The van der Waals surface area contributed by atoms with Crippen LogP contribution in [0.4, 0.5) is 4.79 Å². The highest BCUT2D eigenvalue weighted by molar-refractivity contribution is 5.84. The molecule has 0 aromatic rings. The lowest BCUT2D eigenvalue weighted by Gasteiger charge is -2.49. The van der Waals surface area contributed by atoms with E-state index in [1.54, 1.807) is 20.8 Å². The van der Waals surface area contributed by atoms with E-state index in [0.717, 1.165) is 6.42 Å². The Hall–Kier alpha value is -1.81. The standard InChI is InChI=1S/C15H21NO5/c1-15(2,3)21-14(19)16-10-5-6-11(9(7-10)8-17)12(16)13(18)20-4/h10-12H,5-7H2,1-4H3/t10-,11+,12+/m1/s1. The van der Waals surface area contributed by atoms with Gasteiger partial charge in [0.2, 0.25) is 0 Å². The van der Waals surface area contributed by atoms with Gasteiger partial charge in [0.15, 0.2) is 0 Å². The first-order valence-corrected chi connectivity index (χ1v) is 7.11. The van der Waals surface area contributed by atoms with Gasteiger partial charge in [-0.3, -0.25) is 4.90 Å². The minimum absolute atomic E-state index is 0.203. The summed E-state index contributed by atoms with van der Waals surface area (Å²) >= 11 is 0. The van der Waals surface area contributed by atoms with Gasteiger partial charge >= 0.3 is 12.1 Å². The van der Waals surface area contributed by atoms with Crippen LogP contribution in [-0.4, -0.2) is 47.7 Å². The molecule has 2 aliphatic heterocycles. The average Bonchev–Trinajstić information content (AvgIpc) is 2.43. The van der Waals surface area contributed by atoms with Crippen molar-refractivity contribution >= 4 is 18.0 Å². The predicted octanol–water partition coefficient (Wildman–Crippen LogP) is 1.71. The highest BCUT2D eigenvalue weighted by Gasteiger charge is 2.52. The average molecular weight is 295 g/mol. The van der Waals surface area contributed by atoms with E-state index in [9.17, 15) is 14.4 Å². The quantitative estimate of drug-likeness (QED) is 0.544. The van der Waals surface area contributed by atoms with E-state index in [-0.39, 0.29) is 12.0 Å². The monoisotopic (exact) mass is 295 g/mol. The van der Waals surface area contributed by atoms with E-state index in [1.165, 1.54) is 12.0 Å². The number of ether oxygens (including phenoxy) is 2. The van der Waals surface area contributed by atoms with Gasteiger partial charge in [-0.05, 0) is 33.6 Å². The number of piperidine rings is 2. The number of nitrogens with zero attached hydrogens (tertiary/aromatic N) is 1. The molecule has 0 N–H and O–H groups in total. The molecule has 3 aliphatic rings. The first-order valence-electron chi connectivity index (χ1n) is 7.11. The first kappa shape index (κ1) is 15.6. The second-order valence-corrected chi connectivity index (χ2v) is 6.52. The van der Waals surface area contributed by atoms with Crippen LogP contribution in [0.3, 0.4) is 0 Å². The lowest BCUT2D eigenvalue weighted by Crippen LogP contribution is -2.62. The smallest absolute Gasteiger partial charge is 0.411 e. The third-order valence-corrected chi connectivity index (χ3v) is 3.97. The molecule has 0 aromatic carbocycles. The van der Waals surface area contributed by atoms with Gasteiger partial charge in [0, 0.05) is 24.0 Å². The maximum absolute atomic E-state index is 12.4. The van der Waals surface area contributed by atoms with Gasteiger partial charge in [-0.15, -0.1) is 0 Å². The number of carbonyl (C=O) groups is 2. The van der Waals surface area contributed by atoms with Gasteiger partial charge in [0.25, 0.3) is 0 Å².